The van der Waals surface area contributed by atoms with Crippen LogP contribution in [-0.4, -0.2) is 0 Å². The van der Waals surface area contributed by atoms with Gasteiger partial charge >= 0.3 is 0 Å². The molecule has 96 valence electrons. The van der Waals surface area contributed by atoms with E-state index >= 15 is 0 Å². The van der Waals surface area contributed by atoms with Crippen LogP contribution < -0.4 is 0 Å². The number of rotatable bonds is 2. The molecule has 1 fully saturated rings. The lowest BCUT2D eigenvalue weighted by molar-refractivity contribution is 0.209. The van der Waals surface area contributed by atoms with Crippen LogP contribution in [0.1, 0.15) is 49.3 Å². The van der Waals surface area contributed by atoms with E-state index < -0.39 is 0 Å². The summed E-state index contributed by atoms with van der Waals surface area (Å²) in [5, 5.41) is 9.63. The summed E-state index contributed by atoms with van der Waals surface area (Å²) in [5.41, 5.74) is 3.88. The Morgan fingerprint density at radius 3 is 2.83 bits per heavy atom. The fourth-order valence-corrected chi connectivity index (χ4v) is 3.32. The van der Waals surface area contributed by atoms with Gasteiger partial charge in [-0.15, -0.1) is 0 Å². The van der Waals surface area contributed by atoms with Crippen LogP contribution in [0.3, 0.4) is 0 Å². The van der Waals surface area contributed by atoms with Crippen molar-refractivity contribution in [2.24, 2.45) is 11.3 Å². The zero-order valence-corrected chi connectivity index (χ0v) is 11.8. The second kappa shape index (κ2) is 5.14. The molecule has 0 saturated heterocycles. The summed E-state index contributed by atoms with van der Waals surface area (Å²) in [6, 6.07) is 9.24. The molecule has 1 heteroatoms. The smallest absolute Gasteiger partial charge is 0.0693 e. The number of benzene rings is 1. The average molecular weight is 241 g/mol. The van der Waals surface area contributed by atoms with Crippen LogP contribution in [0.4, 0.5) is 0 Å². The third kappa shape index (κ3) is 2.75. The van der Waals surface area contributed by atoms with Gasteiger partial charge < -0.3 is 0 Å². The molecule has 1 aromatic rings. The van der Waals surface area contributed by atoms with Gasteiger partial charge in [-0.25, -0.2) is 0 Å². The molecule has 0 spiro atoms. The quantitative estimate of drug-likeness (QED) is 0.744. The summed E-state index contributed by atoms with van der Waals surface area (Å²) in [6.45, 7) is 6.58. The van der Waals surface area contributed by atoms with E-state index in [1.165, 1.54) is 29.5 Å². The molecule has 1 aromatic carbocycles. The van der Waals surface area contributed by atoms with Gasteiger partial charge in [-0.05, 0) is 50.2 Å². The molecule has 1 aliphatic carbocycles. The van der Waals surface area contributed by atoms with Crippen molar-refractivity contribution in [2.75, 3.05) is 0 Å². The van der Waals surface area contributed by atoms with Crippen molar-refractivity contribution in [3.05, 3.63) is 34.9 Å². The predicted octanol–water partition coefficient (Wildman–Crippen LogP) is 4.57. The second-order valence-corrected chi connectivity index (χ2v) is 6.20. The topological polar surface area (TPSA) is 23.8 Å². The Labute approximate surface area is 111 Å². The summed E-state index contributed by atoms with van der Waals surface area (Å²) in [6.07, 6.45) is 5.56. The maximum Gasteiger partial charge on any atom is 0.0693 e. The Balaban J connectivity index is 2.25. The van der Waals surface area contributed by atoms with Gasteiger partial charge in [-0.2, -0.15) is 5.26 Å². The van der Waals surface area contributed by atoms with Crippen molar-refractivity contribution in [2.45, 2.75) is 52.9 Å². The highest BCUT2D eigenvalue weighted by atomic mass is 14.4. The third-order valence-electron chi connectivity index (χ3n) is 4.36. The van der Waals surface area contributed by atoms with Crippen molar-refractivity contribution < 1.29 is 0 Å². The fourth-order valence-electron chi connectivity index (χ4n) is 3.32. The van der Waals surface area contributed by atoms with Gasteiger partial charge in [0, 0.05) is 0 Å². The predicted molar refractivity (Wildman–Crippen MR) is 75.3 cm³/mol. The lowest BCUT2D eigenvalue weighted by Gasteiger charge is -2.34. The van der Waals surface area contributed by atoms with Crippen LogP contribution >= 0.6 is 0 Å². The van der Waals surface area contributed by atoms with Gasteiger partial charge in [0.2, 0.25) is 0 Å². The molecule has 0 bridgehead atoms. The molecule has 18 heavy (non-hydrogen) atoms. The van der Waals surface area contributed by atoms with E-state index in [4.69, 9.17) is 0 Å². The van der Waals surface area contributed by atoms with E-state index in [-0.39, 0.29) is 5.41 Å². The second-order valence-electron chi connectivity index (χ2n) is 6.20. The summed E-state index contributed by atoms with van der Waals surface area (Å²) in [7, 11) is 0. The summed E-state index contributed by atoms with van der Waals surface area (Å²) in [5.74, 6) is 0.698. The molecule has 2 unspecified atom stereocenters. The summed E-state index contributed by atoms with van der Waals surface area (Å²) < 4.78 is 0. The van der Waals surface area contributed by atoms with Crippen LogP contribution in [-0.2, 0) is 6.42 Å². The first-order valence-electron chi connectivity index (χ1n) is 7.02. The molecule has 2 rings (SSSR count). The van der Waals surface area contributed by atoms with Gasteiger partial charge in [0.15, 0.2) is 0 Å². The minimum atomic E-state index is -0.115. The molecule has 1 nitrogen and oxygen atoms in total. The van der Waals surface area contributed by atoms with E-state index in [0.29, 0.717) is 5.92 Å². The molecule has 1 saturated carbocycles. The fraction of sp³-hybridized carbons (Fsp3) is 0.588. The highest BCUT2D eigenvalue weighted by molar-refractivity contribution is 5.32. The molecular formula is C17H23N. The summed E-state index contributed by atoms with van der Waals surface area (Å²) in [4.78, 5) is 0. The minimum Gasteiger partial charge on any atom is -0.198 e. The Hall–Kier alpha value is -1.29. The maximum absolute atomic E-state index is 9.63. The van der Waals surface area contributed by atoms with E-state index in [1.54, 1.807) is 0 Å². The zero-order chi connectivity index (χ0) is 13.2. The first kappa shape index (κ1) is 13.1. The molecule has 2 atom stereocenters. The zero-order valence-electron chi connectivity index (χ0n) is 11.8. The Morgan fingerprint density at radius 1 is 1.39 bits per heavy atom. The van der Waals surface area contributed by atoms with E-state index in [0.717, 1.165) is 19.3 Å². The molecule has 0 aromatic heterocycles. The lowest BCUT2D eigenvalue weighted by atomic mass is 9.67. The van der Waals surface area contributed by atoms with Crippen LogP contribution in [0.5, 0.6) is 0 Å². The van der Waals surface area contributed by atoms with Gasteiger partial charge in [-0.1, -0.05) is 43.5 Å². The standard InChI is InChI=1S/C17H23N/c1-13-6-7-15(3)16(9-13)11-17(12-18)8-4-5-14(2)10-17/h6-7,9,14H,4-5,8,10-11H2,1-3H3. The van der Waals surface area contributed by atoms with Crippen LogP contribution in [0, 0.1) is 36.5 Å². The molecule has 0 aliphatic heterocycles. The molecular weight excluding hydrogens is 218 g/mol. The average Bonchev–Trinajstić information content (AvgIpc) is 2.34. The first-order chi connectivity index (χ1) is 8.54. The third-order valence-corrected chi connectivity index (χ3v) is 4.36. The van der Waals surface area contributed by atoms with Crippen molar-refractivity contribution in [1.29, 1.82) is 5.26 Å². The number of nitriles is 1. The number of nitrogens with zero attached hydrogens (tertiary/aromatic N) is 1. The molecule has 1 aliphatic rings. The highest BCUT2D eigenvalue weighted by Crippen LogP contribution is 2.41. The number of hydrogen-bond donors (Lipinski definition) is 0. The lowest BCUT2D eigenvalue weighted by Crippen LogP contribution is -2.28. The van der Waals surface area contributed by atoms with Gasteiger partial charge in [0.25, 0.3) is 0 Å². The Bertz CT molecular complexity index is 469. The molecule has 0 amide bonds. The minimum absolute atomic E-state index is 0.115. The molecule has 0 heterocycles. The molecule has 0 N–H and O–H groups in total. The van der Waals surface area contributed by atoms with Crippen LogP contribution in [0.15, 0.2) is 18.2 Å². The van der Waals surface area contributed by atoms with Gasteiger partial charge in [0.05, 0.1) is 11.5 Å². The first-order valence-corrected chi connectivity index (χ1v) is 7.02. The Kier molecular flexibility index (Phi) is 3.76. The van der Waals surface area contributed by atoms with Crippen molar-refractivity contribution in [3.8, 4) is 6.07 Å². The maximum atomic E-state index is 9.63. The number of aryl methyl sites for hydroxylation is 2. The normalized spacial score (nSPS) is 27.8. The van der Waals surface area contributed by atoms with Crippen LogP contribution in [0.25, 0.3) is 0 Å². The summed E-state index contributed by atoms with van der Waals surface area (Å²) >= 11 is 0. The van der Waals surface area contributed by atoms with E-state index in [1.807, 2.05) is 0 Å². The van der Waals surface area contributed by atoms with Crippen molar-refractivity contribution >= 4 is 0 Å². The highest BCUT2D eigenvalue weighted by Gasteiger charge is 2.35. The van der Waals surface area contributed by atoms with Crippen LogP contribution in [0.2, 0.25) is 0 Å². The largest absolute Gasteiger partial charge is 0.198 e. The monoisotopic (exact) mass is 241 g/mol. The van der Waals surface area contributed by atoms with Gasteiger partial charge in [0.1, 0.15) is 0 Å². The van der Waals surface area contributed by atoms with Crippen molar-refractivity contribution in [1.82, 2.24) is 0 Å². The Morgan fingerprint density at radius 2 is 2.17 bits per heavy atom. The number of hydrogen-bond acceptors (Lipinski definition) is 1. The van der Waals surface area contributed by atoms with E-state index in [2.05, 4.69) is 45.0 Å². The SMILES string of the molecule is Cc1ccc(C)c(CC2(C#N)CCCC(C)C2)c1. The van der Waals surface area contributed by atoms with E-state index in [9.17, 15) is 5.26 Å². The van der Waals surface area contributed by atoms with Crippen molar-refractivity contribution in [3.63, 3.8) is 0 Å². The molecule has 0 radical (unpaired) electrons. The van der Waals surface area contributed by atoms with Gasteiger partial charge in [-0.3, -0.25) is 0 Å².